The van der Waals surface area contributed by atoms with Crippen LogP contribution in [0.2, 0.25) is 0 Å². The maximum absolute atomic E-state index is 5.89. The number of nitrogens with one attached hydrogen (secondary N) is 1. The predicted octanol–water partition coefficient (Wildman–Crippen LogP) is 0.860. The van der Waals surface area contributed by atoms with E-state index in [1.807, 2.05) is 5.01 Å². The van der Waals surface area contributed by atoms with E-state index in [4.69, 9.17) is 5.84 Å². The lowest BCUT2D eigenvalue weighted by Gasteiger charge is -2.47. The fourth-order valence-electron chi connectivity index (χ4n) is 3.35. The molecule has 1 aliphatic heterocycles. The first-order chi connectivity index (χ1) is 7.34. The van der Waals surface area contributed by atoms with Crippen molar-refractivity contribution >= 4 is 0 Å². The van der Waals surface area contributed by atoms with Crippen molar-refractivity contribution < 1.29 is 0 Å². The van der Waals surface area contributed by atoms with Gasteiger partial charge in [0.05, 0.1) is 6.67 Å². The van der Waals surface area contributed by atoms with Crippen LogP contribution >= 0.6 is 0 Å². The summed E-state index contributed by atoms with van der Waals surface area (Å²) in [6.45, 7) is 1.88. The second-order valence-corrected chi connectivity index (χ2v) is 4.99. The molecule has 2 fully saturated rings. The maximum Gasteiger partial charge on any atom is 0.0620 e. The van der Waals surface area contributed by atoms with Crippen molar-refractivity contribution in [2.45, 2.75) is 18.9 Å². The van der Waals surface area contributed by atoms with E-state index in [1.54, 1.807) is 0 Å². The van der Waals surface area contributed by atoms with Crippen molar-refractivity contribution in [3.05, 3.63) is 24.3 Å². The van der Waals surface area contributed by atoms with Crippen LogP contribution in [0.15, 0.2) is 24.3 Å². The molecule has 0 radical (unpaired) electrons. The summed E-state index contributed by atoms with van der Waals surface area (Å²) in [5.74, 6) is 8.05. The molecule has 15 heavy (non-hydrogen) atoms. The molecular formula is C12H19N3. The molecule has 0 amide bonds. The summed E-state index contributed by atoms with van der Waals surface area (Å²) in [4.78, 5) is 0. The molecule has 1 heterocycles. The molecule has 2 aliphatic carbocycles. The van der Waals surface area contributed by atoms with Gasteiger partial charge in [0.1, 0.15) is 0 Å². The standard InChI is InChI=1S/C12H19N3/c13-15-7-11-10-4-2-1-3-9(10)5-6-12(11)14-8-15/h1-4,9-12,14H,5-8,13H2. The maximum atomic E-state index is 5.89. The number of fused-ring (bicyclic) bond motifs is 3. The van der Waals surface area contributed by atoms with Gasteiger partial charge in [-0.2, -0.15) is 0 Å². The molecule has 1 saturated carbocycles. The van der Waals surface area contributed by atoms with E-state index in [9.17, 15) is 0 Å². The van der Waals surface area contributed by atoms with Crippen LogP contribution in [0.5, 0.6) is 0 Å². The summed E-state index contributed by atoms with van der Waals surface area (Å²) in [7, 11) is 0. The van der Waals surface area contributed by atoms with E-state index in [1.165, 1.54) is 12.8 Å². The van der Waals surface area contributed by atoms with E-state index in [2.05, 4.69) is 29.6 Å². The highest BCUT2D eigenvalue weighted by Gasteiger charge is 2.40. The van der Waals surface area contributed by atoms with Crippen LogP contribution in [-0.2, 0) is 0 Å². The van der Waals surface area contributed by atoms with Gasteiger partial charge in [-0.15, -0.1) is 0 Å². The van der Waals surface area contributed by atoms with E-state index in [0.29, 0.717) is 17.9 Å². The number of hydrazine groups is 1. The molecular weight excluding hydrogens is 186 g/mol. The quantitative estimate of drug-likeness (QED) is 0.576. The summed E-state index contributed by atoms with van der Waals surface area (Å²) in [6, 6.07) is 0.683. The number of nitrogens with zero attached hydrogens (tertiary/aromatic N) is 1. The lowest BCUT2D eigenvalue weighted by molar-refractivity contribution is 0.0575. The Morgan fingerprint density at radius 3 is 3.00 bits per heavy atom. The molecule has 0 aromatic carbocycles. The average Bonchev–Trinajstić information content (AvgIpc) is 2.29. The number of hydrogen-bond acceptors (Lipinski definition) is 3. The van der Waals surface area contributed by atoms with Crippen molar-refractivity contribution in [3.8, 4) is 0 Å². The molecule has 3 aliphatic rings. The zero-order chi connectivity index (χ0) is 10.3. The fraction of sp³-hybridized carbons (Fsp3) is 0.667. The molecule has 4 unspecified atom stereocenters. The highest BCUT2D eigenvalue weighted by Crippen LogP contribution is 2.39. The Labute approximate surface area is 91.0 Å². The van der Waals surface area contributed by atoms with Crippen LogP contribution in [0.3, 0.4) is 0 Å². The normalized spacial score (nSPS) is 44.9. The Bertz CT molecular complexity index is 297. The zero-order valence-corrected chi connectivity index (χ0v) is 8.97. The van der Waals surface area contributed by atoms with Crippen molar-refractivity contribution in [2.75, 3.05) is 13.2 Å². The van der Waals surface area contributed by atoms with Gasteiger partial charge in [0, 0.05) is 12.6 Å². The number of hydrogen-bond donors (Lipinski definition) is 2. The summed E-state index contributed by atoms with van der Waals surface area (Å²) >= 11 is 0. The first-order valence-electron chi connectivity index (χ1n) is 5.92. The van der Waals surface area contributed by atoms with Gasteiger partial charge in [-0.3, -0.25) is 5.84 Å². The van der Waals surface area contributed by atoms with Crippen molar-refractivity contribution in [1.82, 2.24) is 10.3 Å². The molecule has 3 heteroatoms. The van der Waals surface area contributed by atoms with Gasteiger partial charge in [-0.1, -0.05) is 24.3 Å². The van der Waals surface area contributed by atoms with Crippen molar-refractivity contribution in [2.24, 2.45) is 23.6 Å². The zero-order valence-electron chi connectivity index (χ0n) is 8.97. The second kappa shape index (κ2) is 3.74. The summed E-state index contributed by atoms with van der Waals surface area (Å²) < 4.78 is 0. The van der Waals surface area contributed by atoms with Gasteiger partial charge >= 0.3 is 0 Å². The minimum atomic E-state index is 0.683. The van der Waals surface area contributed by atoms with E-state index >= 15 is 0 Å². The Hall–Kier alpha value is -0.640. The first kappa shape index (κ1) is 9.58. The van der Waals surface area contributed by atoms with Crippen LogP contribution in [0.25, 0.3) is 0 Å². The first-order valence-corrected chi connectivity index (χ1v) is 5.92. The van der Waals surface area contributed by atoms with Crippen molar-refractivity contribution in [3.63, 3.8) is 0 Å². The molecule has 0 bridgehead atoms. The van der Waals surface area contributed by atoms with Gasteiger partial charge in [0.25, 0.3) is 0 Å². The topological polar surface area (TPSA) is 41.3 Å². The largest absolute Gasteiger partial charge is 0.300 e. The third-order valence-corrected chi connectivity index (χ3v) is 4.12. The molecule has 0 aromatic rings. The summed E-state index contributed by atoms with van der Waals surface area (Å²) in [5.41, 5.74) is 0. The van der Waals surface area contributed by atoms with Gasteiger partial charge in [-0.25, -0.2) is 5.01 Å². The smallest absolute Gasteiger partial charge is 0.0620 e. The molecule has 3 rings (SSSR count). The molecule has 1 saturated heterocycles. The second-order valence-electron chi connectivity index (χ2n) is 4.99. The third kappa shape index (κ3) is 1.65. The van der Waals surface area contributed by atoms with Crippen molar-refractivity contribution in [1.29, 1.82) is 0 Å². The van der Waals surface area contributed by atoms with E-state index < -0.39 is 0 Å². The predicted molar refractivity (Wildman–Crippen MR) is 60.7 cm³/mol. The fourth-order valence-corrected chi connectivity index (χ4v) is 3.35. The average molecular weight is 205 g/mol. The molecule has 4 atom stereocenters. The summed E-state index contributed by atoms with van der Waals surface area (Å²) in [6.07, 6.45) is 11.8. The minimum absolute atomic E-state index is 0.683. The molecule has 3 nitrogen and oxygen atoms in total. The lowest BCUT2D eigenvalue weighted by Crippen LogP contribution is -2.59. The SMILES string of the molecule is NN1CNC2CCC3C=CC=CC3C2C1. The van der Waals surface area contributed by atoms with Crippen LogP contribution in [0.4, 0.5) is 0 Å². The number of rotatable bonds is 0. The summed E-state index contributed by atoms with van der Waals surface area (Å²) in [5, 5.41) is 5.46. The van der Waals surface area contributed by atoms with E-state index in [-0.39, 0.29) is 0 Å². The Balaban J connectivity index is 1.81. The molecule has 3 N–H and O–H groups in total. The van der Waals surface area contributed by atoms with Gasteiger partial charge in [0.15, 0.2) is 0 Å². The van der Waals surface area contributed by atoms with Crippen LogP contribution in [0.1, 0.15) is 12.8 Å². The monoisotopic (exact) mass is 205 g/mol. The number of allylic oxidation sites excluding steroid dienone is 4. The van der Waals surface area contributed by atoms with Gasteiger partial charge in [0.2, 0.25) is 0 Å². The Kier molecular flexibility index (Phi) is 2.39. The molecule has 0 aromatic heterocycles. The molecule has 82 valence electrons. The highest BCUT2D eigenvalue weighted by molar-refractivity contribution is 5.18. The lowest BCUT2D eigenvalue weighted by atomic mass is 9.67. The minimum Gasteiger partial charge on any atom is -0.300 e. The third-order valence-electron chi connectivity index (χ3n) is 4.12. The Morgan fingerprint density at radius 2 is 2.07 bits per heavy atom. The van der Waals surface area contributed by atoms with Crippen LogP contribution in [0, 0.1) is 17.8 Å². The van der Waals surface area contributed by atoms with Gasteiger partial charge < -0.3 is 5.32 Å². The van der Waals surface area contributed by atoms with Crippen LogP contribution in [-0.4, -0.2) is 24.3 Å². The van der Waals surface area contributed by atoms with Crippen LogP contribution < -0.4 is 11.2 Å². The van der Waals surface area contributed by atoms with E-state index in [0.717, 1.165) is 19.1 Å². The Morgan fingerprint density at radius 1 is 1.20 bits per heavy atom. The number of nitrogens with two attached hydrogens (primary N) is 1. The molecule has 0 spiro atoms. The van der Waals surface area contributed by atoms with Gasteiger partial charge in [-0.05, 0) is 30.6 Å². The highest BCUT2D eigenvalue weighted by atomic mass is 15.5.